The minimum atomic E-state index is -1.00. The lowest BCUT2D eigenvalue weighted by atomic mass is 9.98. The quantitative estimate of drug-likeness (QED) is 0.336. The first-order valence-corrected chi connectivity index (χ1v) is 13.2. The second-order valence-corrected chi connectivity index (χ2v) is 10.4. The first-order chi connectivity index (χ1) is 18.8. The molecule has 9 nitrogen and oxygen atoms in total. The Morgan fingerprint density at radius 3 is 2.51 bits per heavy atom. The maximum atomic E-state index is 14.2. The van der Waals surface area contributed by atoms with Crippen molar-refractivity contribution in [1.82, 2.24) is 20.3 Å². The molecule has 0 saturated heterocycles. The summed E-state index contributed by atoms with van der Waals surface area (Å²) in [6.45, 7) is 6.58. The van der Waals surface area contributed by atoms with Crippen LogP contribution in [0.15, 0.2) is 66.7 Å². The van der Waals surface area contributed by atoms with E-state index in [0.29, 0.717) is 58.4 Å². The highest BCUT2D eigenvalue weighted by molar-refractivity contribution is 6.30. The zero-order valence-corrected chi connectivity index (χ0v) is 22.8. The van der Waals surface area contributed by atoms with Gasteiger partial charge in [0.15, 0.2) is 11.5 Å². The largest absolute Gasteiger partial charge is 0.486 e. The van der Waals surface area contributed by atoms with Gasteiger partial charge in [0, 0.05) is 22.3 Å². The molecule has 10 heteroatoms. The molecule has 1 atom stereocenters. The van der Waals surface area contributed by atoms with E-state index >= 15 is 0 Å². The number of anilines is 1. The highest BCUT2D eigenvalue weighted by Crippen LogP contribution is 2.37. The number of benzene rings is 3. The van der Waals surface area contributed by atoms with Crippen LogP contribution in [0.25, 0.3) is 11.0 Å². The van der Waals surface area contributed by atoms with Gasteiger partial charge in [0.05, 0.1) is 5.52 Å². The SMILES string of the molecule is CCC(C)(C)NC(=O)[C@@H](c1ccc(Cl)cc1)N(C(=O)Cn1nnc2ccccc21)c1ccc2c(c1)OCCO2. The number of para-hydroxylation sites is 1. The average Bonchev–Trinajstić information content (AvgIpc) is 3.34. The number of hydrogen-bond donors (Lipinski definition) is 1. The summed E-state index contributed by atoms with van der Waals surface area (Å²) in [5.74, 6) is 0.411. The van der Waals surface area contributed by atoms with Crippen molar-refractivity contribution in [3.63, 3.8) is 0 Å². The summed E-state index contributed by atoms with van der Waals surface area (Å²) in [6.07, 6.45) is 0.703. The molecule has 39 heavy (non-hydrogen) atoms. The van der Waals surface area contributed by atoms with Gasteiger partial charge >= 0.3 is 0 Å². The van der Waals surface area contributed by atoms with E-state index in [1.54, 1.807) is 42.5 Å². The summed E-state index contributed by atoms with van der Waals surface area (Å²) < 4.78 is 13.0. The fourth-order valence-electron chi connectivity index (χ4n) is 4.41. The number of hydrogen-bond acceptors (Lipinski definition) is 6. The summed E-state index contributed by atoms with van der Waals surface area (Å²) in [5, 5.41) is 12.0. The molecule has 1 aromatic heterocycles. The highest BCUT2D eigenvalue weighted by Gasteiger charge is 2.36. The molecule has 2 heterocycles. The van der Waals surface area contributed by atoms with E-state index in [-0.39, 0.29) is 18.4 Å². The normalized spacial score (nSPS) is 13.6. The van der Waals surface area contributed by atoms with Crippen LogP contribution >= 0.6 is 11.6 Å². The number of halogens is 1. The van der Waals surface area contributed by atoms with Crippen LogP contribution in [0.4, 0.5) is 5.69 Å². The molecule has 0 radical (unpaired) electrons. The predicted molar refractivity (Wildman–Crippen MR) is 149 cm³/mol. The molecule has 202 valence electrons. The molecule has 1 N–H and O–H groups in total. The number of nitrogens with zero attached hydrogens (tertiary/aromatic N) is 4. The third-order valence-corrected chi connectivity index (χ3v) is 7.07. The van der Waals surface area contributed by atoms with E-state index in [1.807, 2.05) is 45.0 Å². The Morgan fingerprint density at radius 1 is 1.05 bits per heavy atom. The van der Waals surface area contributed by atoms with Crippen molar-refractivity contribution in [1.29, 1.82) is 0 Å². The van der Waals surface area contributed by atoms with E-state index < -0.39 is 11.6 Å². The van der Waals surface area contributed by atoms with Crippen molar-refractivity contribution in [2.45, 2.75) is 45.3 Å². The second kappa shape index (κ2) is 10.9. The topological polar surface area (TPSA) is 98.6 Å². The minimum Gasteiger partial charge on any atom is -0.486 e. The number of carbonyl (C=O) groups excluding carboxylic acids is 2. The Morgan fingerprint density at radius 2 is 1.77 bits per heavy atom. The number of carbonyl (C=O) groups is 2. The van der Waals surface area contributed by atoms with E-state index in [1.165, 1.54) is 9.58 Å². The van der Waals surface area contributed by atoms with Crippen LogP contribution in [0.5, 0.6) is 11.5 Å². The van der Waals surface area contributed by atoms with Crippen molar-refractivity contribution in [3.05, 3.63) is 77.3 Å². The van der Waals surface area contributed by atoms with Gasteiger partial charge in [0.25, 0.3) is 0 Å². The molecule has 4 aromatic rings. The molecular formula is C29H30ClN5O4. The van der Waals surface area contributed by atoms with Crippen LogP contribution in [-0.4, -0.2) is 45.6 Å². The molecule has 0 bridgehead atoms. The van der Waals surface area contributed by atoms with Crippen molar-refractivity contribution in [3.8, 4) is 11.5 Å². The van der Waals surface area contributed by atoms with Gasteiger partial charge in [-0.15, -0.1) is 5.10 Å². The van der Waals surface area contributed by atoms with Gasteiger partial charge in [0.2, 0.25) is 11.8 Å². The van der Waals surface area contributed by atoms with Gasteiger partial charge in [-0.3, -0.25) is 14.5 Å². The van der Waals surface area contributed by atoms with Crippen LogP contribution in [0.2, 0.25) is 5.02 Å². The number of aromatic nitrogens is 3. The van der Waals surface area contributed by atoms with Crippen LogP contribution in [-0.2, 0) is 16.1 Å². The van der Waals surface area contributed by atoms with Crippen LogP contribution in [0.3, 0.4) is 0 Å². The number of rotatable bonds is 8. The van der Waals surface area contributed by atoms with Crippen LogP contribution < -0.4 is 19.7 Å². The van der Waals surface area contributed by atoms with Crippen molar-refractivity contribution < 1.29 is 19.1 Å². The summed E-state index contributed by atoms with van der Waals surface area (Å²) in [6, 6.07) is 18.6. The van der Waals surface area contributed by atoms with Crippen LogP contribution in [0.1, 0.15) is 38.8 Å². The number of amides is 2. The van der Waals surface area contributed by atoms with Gasteiger partial charge in [-0.2, -0.15) is 0 Å². The zero-order valence-electron chi connectivity index (χ0n) is 22.1. The molecule has 0 aliphatic carbocycles. The van der Waals surface area contributed by atoms with Crippen molar-refractivity contribution >= 4 is 40.1 Å². The van der Waals surface area contributed by atoms with Gasteiger partial charge < -0.3 is 14.8 Å². The third kappa shape index (κ3) is 5.68. The molecule has 0 saturated carbocycles. The number of ether oxygens (including phenoxy) is 2. The maximum Gasteiger partial charge on any atom is 0.249 e. The Kier molecular flexibility index (Phi) is 7.43. The second-order valence-electron chi connectivity index (χ2n) is 10.0. The van der Waals surface area contributed by atoms with Crippen molar-refractivity contribution in [2.75, 3.05) is 18.1 Å². The zero-order chi connectivity index (χ0) is 27.6. The Bertz CT molecular complexity index is 1500. The molecule has 1 aliphatic rings. The van der Waals surface area contributed by atoms with E-state index in [9.17, 15) is 9.59 Å². The third-order valence-electron chi connectivity index (χ3n) is 6.82. The molecule has 0 fully saturated rings. The molecule has 0 unspecified atom stereocenters. The van der Waals surface area contributed by atoms with Gasteiger partial charge in [-0.25, -0.2) is 4.68 Å². The average molecular weight is 548 g/mol. The lowest BCUT2D eigenvalue weighted by molar-refractivity contribution is -0.128. The summed E-state index contributed by atoms with van der Waals surface area (Å²) in [7, 11) is 0. The lowest BCUT2D eigenvalue weighted by Crippen LogP contribution is -2.51. The van der Waals surface area contributed by atoms with E-state index in [2.05, 4.69) is 15.6 Å². The van der Waals surface area contributed by atoms with Crippen LogP contribution in [0, 0.1) is 0 Å². The molecule has 5 rings (SSSR count). The van der Waals surface area contributed by atoms with Gasteiger partial charge in [0.1, 0.15) is 31.3 Å². The monoisotopic (exact) mass is 547 g/mol. The molecule has 1 aliphatic heterocycles. The van der Waals surface area contributed by atoms with Gasteiger partial charge in [-0.05, 0) is 62.2 Å². The Balaban J connectivity index is 1.62. The Labute approximate surface area is 231 Å². The molecule has 3 aromatic carbocycles. The fraction of sp³-hybridized carbons (Fsp3) is 0.310. The highest BCUT2D eigenvalue weighted by atomic mass is 35.5. The first-order valence-electron chi connectivity index (χ1n) is 12.8. The van der Waals surface area contributed by atoms with Crippen molar-refractivity contribution in [2.24, 2.45) is 0 Å². The summed E-state index contributed by atoms with van der Waals surface area (Å²) >= 11 is 6.18. The van der Waals surface area contributed by atoms with Gasteiger partial charge in [-0.1, -0.05) is 48.0 Å². The number of nitrogens with one attached hydrogen (secondary N) is 1. The first kappa shape index (κ1) is 26.5. The summed E-state index contributed by atoms with van der Waals surface area (Å²) in [5.41, 5.74) is 1.99. The van der Waals surface area contributed by atoms with E-state index in [4.69, 9.17) is 21.1 Å². The predicted octanol–water partition coefficient (Wildman–Crippen LogP) is 4.94. The minimum absolute atomic E-state index is 0.135. The molecular weight excluding hydrogens is 518 g/mol. The Hall–Kier alpha value is -4.11. The summed E-state index contributed by atoms with van der Waals surface area (Å²) in [4.78, 5) is 29.7. The lowest BCUT2D eigenvalue weighted by Gasteiger charge is -2.35. The fourth-order valence-corrected chi connectivity index (χ4v) is 4.54. The van der Waals surface area contributed by atoms with E-state index in [0.717, 1.165) is 0 Å². The number of fused-ring (bicyclic) bond motifs is 2. The molecule has 2 amide bonds. The standard InChI is InChI=1S/C29H30ClN5O4/c1-4-29(2,3)31-28(37)27(19-9-11-20(30)12-10-19)35(21-13-14-24-25(17-21)39-16-15-38-24)26(36)18-34-23-8-6-5-7-22(23)32-33-34/h5-14,17,27H,4,15-16,18H2,1-3H3,(H,31,37)/t27-/m1/s1. The molecule has 0 spiro atoms. The maximum absolute atomic E-state index is 14.2. The smallest absolute Gasteiger partial charge is 0.249 e.